The van der Waals surface area contributed by atoms with E-state index in [2.05, 4.69) is 80.6 Å². The smallest absolute Gasteiger partial charge is 0.00635 e. The molecule has 0 aliphatic heterocycles. The van der Waals surface area contributed by atoms with Gasteiger partial charge in [-0.25, -0.2) is 0 Å². The van der Waals surface area contributed by atoms with Gasteiger partial charge in [-0.05, 0) is 52.4 Å². The molecule has 0 spiro atoms. The molecule has 0 saturated heterocycles. The molecule has 0 saturated carbocycles. The van der Waals surface area contributed by atoms with Gasteiger partial charge in [-0.15, -0.1) is 0 Å². The first-order valence-electron chi connectivity index (χ1n) is 7.89. The van der Waals surface area contributed by atoms with E-state index in [1.165, 1.54) is 30.4 Å². The second-order valence-electron chi connectivity index (χ2n) is 6.19. The van der Waals surface area contributed by atoms with E-state index in [-0.39, 0.29) is 0 Å². The summed E-state index contributed by atoms with van der Waals surface area (Å²) < 4.78 is 0. The average molecular weight is 281 g/mol. The maximum Gasteiger partial charge on any atom is 0.00635 e. The zero-order chi connectivity index (χ0) is 15.1. The van der Waals surface area contributed by atoms with Gasteiger partial charge < -0.3 is 4.90 Å². The van der Waals surface area contributed by atoms with Crippen LogP contribution in [0.15, 0.2) is 65.8 Å². The van der Waals surface area contributed by atoms with E-state index in [0.29, 0.717) is 5.92 Å². The second-order valence-corrected chi connectivity index (χ2v) is 6.19. The largest absolute Gasteiger partial charge is 0.309 e. The minimum Gasteiger partial charge on any atom is -0.309 e. The number of hydrogen-bond acceptors (Lipinski definition) is 1. The normalized spacial score (nSPS) is 23.4. The van der Waals surface area contributed by atoms with Gasteiger partial charge in [0, 0.05) is 5.92 Å². The monoisotopic (exact) mass is 281 g/mol. The Kier molecular flexibility index (Phi) is 6.01. The van der Waals surface area contributed by atoms with Crippen LogP contribution in [0.2, 0.25) is 0 Å². The van der Waals surface area contributed by atoms with Gasteiger partial charge in [0.25, 0.3) is 0 Å². The highest BCUT2D eigenvalue weighted by Crippen LogP contribution is 2.32. The molecule has 112 valence electrons. The summed E-state index contributed by atoms with van der Waals surface area (Å²) in [4.78, 5) is 2.28. The van der Waals surface area contributed by atoms with Gasteiger partial charge in [0.15, 0.2) is 0 Å². The van der Waals surface area contributed by atoms with Crippen molar-refractivity contribution in [3.05, 3.63) is 71.3 Å². The van der Waals surface area contributed by atoms with E-state index in [4.69, 9.17) is 0 Å². The highest BCUT2D eigenvalue weighted by Gasteiger charge is 2.16. The molecule has 1 aromatic rings. The number of benzene rings is 1. The summed E-state index contributed by atoms with van der Waals surface area (Å²) in [5, 5.41) is 0. The molecular formula is C20H27N. The molecule has 1 heteroatoms. The fourth-order valence-corrected chi connectivity index (χ4v) is 2.84. The predicted octanol–water partition coefficient (Wildman–Crippen LogP) is 4.94. The molecular weight excluding hydrogens is 254 g/mol. The van der Waals surface area contributed by atoms with E-state index in [0.717, 1.165) is 6.54 Å². The van der Waals surface area contributed by atoms with Crippen LogP contribution in [0.3, 0.4) is 0 Å². The van der Waals surface area contributed by atoms with Crippen molar-refractivity contribution in [2.45, 2.75) is 32.1 Å². The highest BCUT2D eigenvalue weighted by atomic mass is 15.0. The number of rotatable bonds is 5. The predicted molar refractivity (Wildman–Crippen MR) is 92.6 cm³/mol. The summed E-state index contributed by atoms with van der Waals surface area (Å²) in [5.74, 6) is 0.532. The molecule has 21 heavy (non-hydrogen) atoms. The van der Waals surface area contributed by atoms with Crippen LogP contribution in [0.25, 0.3) is 0 Å². The van der Waals surface area contributed by atoms with Crippen molar-refractivity contribution in [3.8, 4) is 0 Å². The maximum absolute atomic E-state index is 2.33. The Labute approximate surface area is 129 Å². The van der Waals surface area contributed by atoms with Crippen LogP contribution in [-0.2, 0) is 0 Å². The molecule has 0 heterocycles. The Hall–Kier alpha value is -1.60. The van der Waals surface area contributed by atoms with E-state index < -0.39 is 0 Å². The molecule has 1 unspecified atom stereocenters. The summed E-state index contributed by atoms with van der Waals surface area (Å²) >= 11 is 0. The Morgan fingerprint density at radius 1 is 1.00 bits per heavy atom. The van der Waals surface area contributed by atoms with E-state index >= 15 is 0 Å². The zero-order valence-electron chi connectivity index (χ0n) is 13.5. The molecule has 2 rings (SSSR count). The number of allylic oxidation sites excluding steroid dienone is 6. The van der Waals surface area contributed by atoms with Crippen LogP contribution in [0.1, 0.15) is 37.7 Å². The first-order chi connectivity index (χ1) is 10.2. The lowest BCUT2D eigenvalue weighted by Gasteiger charge is -2.23. The lowest BCUT2D eigenvalue weighted by molar-refractivity contribution is 0.388. The Balaban J connectivity index is 2.22. The first kappa shape index (κ1) is 15.8. The summed E-state index contributed by atoms with van der Waals surface area (Å²) in [6.45, 7) is 3.35. The standard InChI is InChI=1S/C20H27N/c1-17-9-7-8-12-19(14-13-17)20(15-16-21(2)3)18-10-5-4-6-11-18/h4-12,20H,13-16H2,1-3H3/b8-7-,17-9+,19-12+. The van der Waals surface area contributed by atoms with Gasteiger partial charge in [-0.3, -0.25) is 0 Å². The van der Waals surface area contributed by atoms with Crippen molar-refractivity contribution >= 4 is 0 Å². The number of nitrogens with zero attached hydrogens (tertiary/aromatic N) is 1. The maximum atomic E-state index is 2.33. The van der Waals surface area contributed by atoms with Crippen LogP contribution >= 0.6 is 0 Å². The van der Waals surface area contributed by atoms with Gasteiger partial charge in [0.1, 0.15) is 0 Å². The van der Waals surface area contributed by atoms with Crippen molar-refractivity contribution in [1.29, 1.82) is 0 Å². The molecule has 0 aromatic heterocycles. The fourth-order valence-electron chi connectivity index (χ4n) is 2.84. The van der Waals surface area contributed by atoms with Crippen LogP contribution in [0.4, 0.5) is 0 Å². The van der Waals surface area contributed by atoms with Crippen molar-refractivity contribution in [2.24, 2.45) is 0 Å². The molecule has 1 aliphatic rings. The summed E-state index contributed by atoms with van der Waals surface area (Å²) in [6, 6.07) is 11.0. The molecule has 1 aliphatic carbocycles. The SMILES string of the molecule is C\C1=C/C=C\C=C(\C(CCN(C)C)c2ccccc2)CC1. The topological polar surface area (TPSA) is 3.24 Å². The van der Waals surface area contributed by atoms with E-state index in [9.17, 15) is 0 Å². The fraction of sp³-hybridized carbons (Fsp3) is 0.400. The van der Waals surface area contributed by atoms with Crippen molar-refractivity contribution in [2.75, 3.05) is 20.6 Å². The first-order valence-corrected chi connectivity index (χ1v) is 7.89. The molecule has 0 N–H and O–H groups in total. The van der Waals surface area contributed by atoms with Crippen LogP contribution in [0.5, 0.6) is 0 Å². The van der Waals surface area contributed by atoms with E-state index in [1.54, 1.807) is 5.57 Å². The third kappa shape index (κ3) is 5.02. The molecule has 1 aromatic carbocycles. The zero-order valence-corrected chi connectivity index (χ0v) is 13.5. The Bertz CT molecular complexity index is 520. The van der Waals surface area contributed by atoms with Crippen molar-refractivity contribution in [3.63, 3.8) is 0 Å². The average Bonchev–Trinajstić information content (AvgIpc) is 2.46. The summed E-state index contributed by atoms with van der Waals surface area (Å²) in [7, 11) is 4.31. The van der Waals surface area contributed by atoms with Crippen LogP contribution in [0, 0.1) is 0 Å². The van der Waals surface area contributed by atoms with Gasteiger partial charge >= 0.3 is 0 Å². The molecule has 1 atom stereocenters. The van der Waals surface area contributed by atoms with Crippen LogP contribution < -0.4 is 0 Å². The van der Waals surface area contributed by atoms with Gasteiger partial charge in [-0.2, -0.15) is 0 Å². The molecule has 1 nitrogen and oxygen atoms in total. The highest BCUT2D eigenvalue weighted by molar-refractivity contribution is 5.33. The van der Waals surface area contributed by atoms with Crippen molar-refractivity contribution < 1.29 is 0 Å². The van der Waals surface area contributed by atoms with E-state index in [1.807, 2.05) is 0 Å². The molecule has 0 bridgehead atoms. The van der Waals surface area contributed by atoms with Gasteiger partial charge in [-0.1, -0.05) is 65.8 Å². The summed E-state index contributed by atoms with van der Waals surface area (Å²) in [5.41, 5.74) is 4.48. The van der Waals surface area contributed by atoms with Gasteiger partial charge in [0.05, 0.1) is 0 Å². The lowest BCUT2D eigenvalue weighted by Crippen LogP contribution is -2.17. The lowest BCUT2D eigenvalue weighted by atomic mass is 9.84. The van der Waals surface area contributed by atoms with Crippen LogP contribution in [-0.4, -0.2) is 25.5 Å². The third-order valence-electron chi connectivity index (χ3n) is 4.12. The minimum absolute atomic E-state index is 0.532. The van der Waals surface area contributed by atoms with Crippen molar-refractivity contribution in [1.82, 2.24) is 4.90 Å². The second kappa shape index (κ2) is 7.99. The molecule has 0 amide bonds. The third-order valence-corrected chi connectivity index (χ3v) is 4.12. The number of hydrogen-bond donors (Lipinski definition) is 0. The molecule has 0 fully saturated rings. The molecule has 0 radical (unpaired) electrons. The Morgan fingerprint density at radius 2 is 1.71 bits per heavy atom. The Morgan fingerprint density at radius 3 is 2.43 bits per heavy atom. The summed E-state index contributed by atoms with van der Waals surface area (Å²) in [6.07, 6.45) is 12.4. The quantitative estimate of drug-likeness (QED) is 0.738. The van der Waals surface area contributed by atoms with Gasteiger partial charge in [0.2, 0.25) is 0 Å². The minimum atomic E-state index is 0.532.